The second-order valence-electron chi connectivity index (χ2n) is 8.55. The van der Waals surface area contributed by atoms with Crippen LogP contribution in [0.5, 0.6) is 0 Å². The molecule has 0 amide bonds. The van der Waals surface area contributed by atoms with Gasteiger partial charge in [0.2, 0.25) is 0 Å². The summed E-state index contributed by atoms with van der Waals surface area (Å²) in [5.74, 6) is 2.22. The average molecular weight is 293 g/mol. The maximum absolute atomic E-state index is 2.74. The van der Waals surface area contributed by atoms with Crippen LogP contribution in [-0.2, 0) is 0 Å². The molecule has 1 aliphatic heterocycles. The van der Waals surface area contributed by atoms with Gasteiger partial charge in [-0.3, -0.25) is 0 Å². The van der Waals surface area contributed by atoms with Gasteiger partial charge in [0, 0.05) is 0 Å². The van der Waals surface area contributed by atoms with E-state index in [-0.39, 0.29) is 0 Å². The van der Waals surface area contributed by atoms with Crippen molar-refractivity contribution in [3.8, 4) is 0 Å². The van der Waals surface area contributed by atoms with Crippen molar-refractivity contribution in [2.45, 2.75) is 64.2 Å². The monoisotopic (exact) mass is 292 g/mol. The van der Waals surface area contributed by atoms with E-state index in [2.05, 4.69) is 23.9 Å². The number of likely N-dealkylation sites (tertiary alicyclic amines) is 1. The summed E-state index contributed by atoms with van der Waals surface area (Å²) in [6.45, 7) is 5.32. The zero-order chi connectivity index (χ0) is 14.7. The van der Waals surface area contributed by atoms with Gasteiger partial charge in [-0.2, -0.15) is 0 Å². The van der Waals surface area contributed by atoms with E-state index in [0.29, 0.717) is 0 Å². The highest BCUT2D eigenvalue weighted by atomic mass is 15.1. The minimum Gasteiger partial charge on any atom is -0.309 e. The molecule has 21 heavy (non-hydrogen) atoms. The summed E-state index contributed by atoms with van der Waals surface area (Å²) < 4.78 is 0. The van der Waals surface area contributed by atoms with Crippen LogP contribution < -0.4 is 0 Å². The van der Waals surface area contributed by atoms with Gasteiger partial charge in [0.25, 0.3) is 0 Å². The van der Waals surface area contributed by atoms with Crippen LogP contribution in [-0.4, -0.2) is 50.1 Å². The van der Waals surface area contributed by atoms with Crippen molar-refractivity contribution in [2.75, 3.05) is 40.3 Å². The molecule has 2 aliphatic carbocycles. The first-order chi connectivity index (χ1) is 10.2. The van der Waals surface area contributed by atoms with Gasteiger partial charge in [-0.1, -0.05) is 25.7 Å². The lowest BCUT2D eigenvalue weighted by Gasteiger charge is -2.50. The number of nitrogens with zero attached hydrogens (tertiary/aromatic N) is 2. The lowest BCUT2D eigenvalue weighted by Crippen LogP contribution is -2.45. The Balaban J connectivity index is 1.44. The van der Waals surface area contributed by atoms with Gasteiger partial charge in [0.05, 0.1) is 0 Å². The molecule has 122 valence electrons. The molecule has 0 bridgehead atoms. The van der Waals surface area contributed by atoms with E-state index in [1.54, 1.807) is 32.1 Å². The molecule has 1 saturated heterocycles. The van der Waals surface area contributed by atoms with Crippen molar-refractivity contribution in [3.05, 3.63) is 0 Å². The fraction of sp³-hybridized carbons (Fsp3) is 1.00. The summed E-state index contributed by atoms with van der Waals surface area (Å²) in [5, 5.41) is 0. The second kappa shape index (κ2) is 7.00. The van der Waals surface area contributed by atoms with Crippen molar-refractivity contribution in [3.63, 3.8) is 0 Å². The predicted octanol–water partition coefficient (Wildman–Crippen LogP) is 4.01. The molecule has 2 nitrogen and oxygen atoms in total. The lowest BCUT2D eigenvalue weighted by molar-refractivity contribution is 0.00590. The molecule has 3 fully saturated rings. The largest absolute Gasteiger partial charge is 0.309 e. The summed E-state index contributed by atoms with van der Waals surface area (Å²) in [6, 6.07) is 0. The highest BCUT2D eigenvalue weighted by molar-refractivity contribution is 4.94. The van der Waals surface area contributed by atoms with Crippen molar-refractivity contribution >= 4 is 0 Å². The Morgan fingerprint density at radius 1 is 0.952 bits per heavy atom. The maximum atomic E-state index is 2.74. The van der Waals surface area contributed by atoms with E-state index in [0.717, 1.165) is 17.3 Å². The molecule has 3 aliphatic rings. The molecule has 3 rings (SSSR count). The molecule has 2 atom stereocenters. The van der Waals surface area contributed by atoms with E-state index in [1.165, 1.54) is 58.3 Å². The third-order valence-electron chi connectivity index (χ3n) is 6.80. The van der Waals surface area contributed by atoms with Crippen LogP contribution in [0, 0.1) is 17.3 Å². The molecule has 2 heteroatoms. The summed E-state index contributed by atoms with van der Waals surface area (Å²) in [7, 11) is 4.38. The van der Waals surface area contributed by atoms with Crippen LogP contribution in [0.15, 0.2) is 0 Å². The molecule has 0 aromatic carbocycles. The van der Waals surface area contributed by atoms with Gasteiger partial charge in [-0.25, -0.2) is 0 Å². The fourth-order valence-corrected chi connectivity index (χ4v) is 5.40. The Kier molecular flexibility index (Phi) is 5.27. The average Bonchev–Trinajstić information content (AvgIpc) is 2.49. The van der Waals surface area contributed by atoms with Crippen LogP contribution in [0.2, 0.25) is 0 Å². The maximum Gasteiger partial charge on any atom is -0.000654 e. The molecule has 1 heterocycles. The van der Waals surface area contributed by atoms with Gasteiger partial charge in [-0.15, -0.1) is 0 Å². The number of fused-ring (bicyclic) bond motifs is 1. The highest BCUT2D eigenvalue weighted by Crippen LogP contribution is 2.52. The topological polar surface area (TPSA) is 6.48 Å². The number of piperidine rings is 1. The molecule has 0 N–H and O–H groups in total. The molecule has 0 radical (unpaired) electrons. The molecular formula is C19H36N2. The Labute approximate surface area is 132 Å². The van der Waals surface area contributed by atoms with E-state index in [4.69, 9.17) is 0 Å². The van der Waals surface area contributed by atoms with Crippen LogP contribution >= 0.6 is 0 Å². The summed E-state index contributed by atoms with van der Waals surface area (Å²) in [6.07, 6.45) is 15.2. The smallest absolute Gasteiger partial charge is 0.000654 e. The minimum atomic E-state index is 0.760. The summed E-state index contributed by atoms with van der Waals surface area (Å²) in [4.78, 5) is 5.05. The second-order valence-corrected chi connectivity index (χ2v) is 8.55. The third kappa shape index (κ3) is 4.01. The zero-order valence-electron chi connectivity index (χ0n) is 14.4. The molecular weight excluding hydrogens is 256 g/mol. The first-order valence-electron chi connectivity index (χ1n) is 9.54. The van der Waals surface area contributed by atoms with Crippen molar-refractivity contribution < 1.29 is 0 Å². The van der Waals surface area contributed by atoms with Crippen LogP contribution in [0.4, 0.5) is 0 Å². The van der Waals surface area contributed by atoms with Crippen LogP contribution in [0.25, 0.3) is 0 Å². The van der Waals surface area contributed by atoms with Crippen molar-refractivity contribution in [2.24, 2.45) is 17.3 Å². The zero-order valence-corrected chi connectivity index (χ0v) is 14.4. The van der Waals surface area contributed by atoms with Crippen molar-refractivity contribution in [1.29, 1.82) is 0 Å². The Hall–Kier alpha value is -0.0800. The number of rotatable bonds is 4. The summed E-state index contributed by atoms with van der Waals surface area (Å²) >= 11 is 0. The van der Waals surface area contributed by atoms with Crippen LogP contribution in [0.1, 0.15) is 64.2 Å². The highest BCUT2D eigenvalue weighted by Gasteiger charge is 2.42. The molecule has 0 aromatic rings. The first-order valence-corrected chi connectivity index (χ1v) is 9.54. The Morgan fingerprint density at radius 3 is 2.38 bits per heavy atom. The molecule has 1 spiro atoms. The number of hydrogen-bond donors (Lipinski definition) is 0. The van der Waals surface area contributed by atoms with Gasteiger partial charge >= 0.3 is 0 Å². The normalized spacial score (nSPS) is 33.3. The quantitative estimate of drug-likeness (QED) is 0.772. The molecule has 0 unspecified atom stereocenters. The summed E-state index contributed by atoms with van der Waals surface area (Å²) in [5.41, 5.74) is 0.760. The third-order valence-corrected chi connectivity index (χ3v) is 6.80. The molecule has 0 aromatic heterocycles. The number of hydrogen-bond acceptors (Lipinski definition) is 2. The van der Waals surface area contributed by atoms with E-state index >= 15 is 0 Å². The fourth-order valence-electron chi connectivity index (χ4n) is 5.40. The minimum absolute atomic E-state index is 0.760. The Bertz CT molecular complexity index is 318. The van der Waals surface area contributed by atoms with E-state index in [9.17, 15) is 0 Å². The van der Waals surface area contributed by atoms with Gasteiger partial charge in [0.15, 0.2) is 0 Å². The molecule has 2 saturated carbocycles. The standard InChI is InChI=1S/C19H36N2/c1-20(2)12-5-13-21-14-10-19(11-15-21)9-8-17-6-3-4-7-18(17)16-19/h17-18H,3-16H2,1-2H3/t17-,18-/m0/s1. The predicted molar refractivity (Wildman–Crippen MR) is 90.6 cm³/mol. The van der Waals surface area contributed by atoms with Gasteiger partial charge in [0.1, 0.15) is 0 Å². The first kappa shape index (κ1) is 15.8. The van der Waals surface area contributed by atoms with Gasteiger partial charge < -0.3 is 9.80 Å². The van der Waals surface area contributed by atoms with Crippen LogP contribution in [0.3, 0.4) is 0 Å². The van der Waals surface area contributed by atoms with Crippen molar-refractivity contribution in [1.82, 2.24) is 9.80 Å². The van der Waals surface area contributed by atoms with E-state index in [1.807, 2.05) is 0 Å². The van der Waals surface area contributed by atoms with Gasteiger partial charge in [-0.05, 0) is 96.1 Å². The Morgan fingerprint density at radius 2 is 1.67 bits per heavy atom. The van der Waals surface area contributed by atoms with E-state index < -0.39 is 0 Å². The SMILES string of the molecule is CN(C)CCCN1CCC2(CC[C@@H]3CCCC[C@H]3C2)CC1. The lowest BCUT2D eigenvalue weighted by atomic mass is 9.58.